The van der Waals surface area contributed by atoms with Gasteiger partial charge in [-0.2, -0.15) is 0 Å². The zero-order chi connectivity index (χ0) is 45.8. The third kappa shape index (κ3) is 49.2. The van der Waals surface area contributed by atoms with Gasteiger partial charge >= 0.3 is 17.9 Å². The highest BCUT2D eigenvalue weighted by Crippen LogP contribution is 2.14. The number of hydrogen-bond donors (Lipinski definition) is 0. The molecule has 0 aromatic carbocycles. The van der Waals surface area contributed by atoms with E-state index in [1.165, 1.54) is 64.2 Å². The quantitative estimate of drug-likeness (QED) is 0.0262. The fraction of sp³-hybridized carbons (Fsp3) is 0.667. The highest BCUT2D eigenvalue weighted by molar-refractivity contribution is 5.71. The topological polar surface area (TPSA) is 78.9 Å². The van der Waals surface area contributed by atoms with Gasteiger partial charge in [-0.05, 0) is 96.3 Å². The molecular formula is C57H94O6. The molecule has 6 nitrogen and oxygen atoms in total. The monoisotopic (exact) mass is 875 g/mol. The van der Waals surface area contributed by atoms with Crippen molar-refractivity contribution in [3.63, 3.8) is 0 Å². The second-order valence-corrected chi connectivity index (χ2v) is 16.7. The molecular weight excluding hydrogens is 781 g/mol. The first-order valence-electron chi connectivity index (χ1n) is 25.7. The Labute approximate surface area is 387 Å². The van der Waals surface area contributed by atoms with Gasteiger partial charge in [0.1, 0.15) is 13.2 Å². The van der Waals surface area contributed by atoms with Crippen molar-refractivity contribution in [1.82, 2.24) is 0 Å². The first kappa shape index (κ1) is 59.3. The normalized spacial score (nSPS) is 12.9. The molecule has 0 saturated carbocycles. The van der Waals surface area contributed by atoms with Crippen LogP contribution in [0.1, 0.15) is 226 Å². The van der Waals surface area contributed by atoms with Gasteiger partial charge in [-0.3, -0.25) is 14.4 Å². The third-order valence-electron chi connectivity index (χ3n) is 10.6. The third-order valence-corrected chi connectivity index (χ3v) is 10.6. The predicted octanol–water partition coefficient (Wildman–Crippen LogP) is 17.0. The number of hydrogen-bond acceptors (Lipinski definition) is 6. The molecule has 0 bridgehead atoms. The summed E-state index contributed by atoms with van der Waals surface area (Å²) in [6.07, 6.45) is 67.0. The first-order valence-corrected chi connectivity index (χ1v) is 25.7. The molecule has 0 aromatic rings. The van der Waals surface area contributed by atoms with Crippen molar-refractivity contribution in [1.29, 1.82) is 0 Å². The van der Waals surface area contributed by atoms with Crippen LogP contribution in [0.5, 0.6) is 0 Å². The fourth-order valence-corrected chi connectivity index (χ4v) is 6.78. The Morgan fingerprint density at radius 1 is 0.333 bits per heavy atom. The maximum absolute atomic E-state index is 12.7. The van der Waals surface area contributed by atoms with Gasteiger partial charge in [-0.25, -0.2) is 0 Å². The summed E-state index contributed by atoms with van der Waals surface area (Å²) in [6.45, 7) is 6.32. The van der Waals surface area contributed by atoms with Crippen LogP contribution in [0.4, 0.5) is 0 Å². The largest absolute Gasteiger partial charge is 0.462 e. The van der Waals surface area contributed by atoms with Crippen LogP contribution in [-0.4, -0.2) is 37.2 Å². The van der Waals surface area contributed by atoms with Gasteiger partial charge in [0.05, 0.1) is 0 Å². The van der Waals surface area contributed by atoms with E-state index in [4.69, 9.17) is 14.2 Å². The molecule has 1 unspecified atom stereocenters. The van der Waals surface area contributed by atoms with Crippen molar-refractivity contribution in [3.05, 3.63) is 97.2 Å². The Kier molecular flexibility index (Phi) is 48.0. The molecule has 63 heavy (non-hydrogen) atoms. The SMILES string of the molecule is CC/C=C\C/C=C\C/C=C\C/C=C\C/C=C\CCCCCCCCCCCC(=O)OCC(COC(=O)CCCCCCCCC)OC(=O)CCCCC/C=C\C/C=C\C/C=C\CC. The van der Waals surface area contributed by atoms with Crippen molar-refractivity contribution in [3.8, 4) is 0 Å². The zero-order valence-electron chi connectivity index (χ0n) is 40.8. The average Bonchev–Trinajstić information content (AvgIpc) is 3.28. The van der Waals surface area contributed by atoms with Crippen molar-refractivity contribution in [2.45, 2.75) is 232 Å². The first-order chi connectivity index (χ1) is 31.0. The standard InChI is InChI=1S/C57H94O6/c1-4-7-10-13-16-18-20-22-23-24-25-26-27-28-29-30-31-32-33-35-36-38-41-44-47-50-56(59)62-53-54(52-61-55(58)49-46-43-40-15-12-9-6-3)63-57(60)51-48-45-42-39-37-34-21-19-17-14-11-8-5-2/h7-8,10-11,16-19,22-23,25-26,28-29,34,37,54H,4-6,9,12-15,20-21,24,27,30-33,35-36,38-53H2,1-3H3/b10-7-,11-8-,18-16-,19-17-,23-22-,26-25-,29-28-,37-34-. The Hall–Kier alpha value is -3.67. The second-order valence-electron chi connectivity index (χ2n) is 16.7. The van der Waals surface area contributed by atoms with Gasteiger partial charge in [-0.15, -0.1) is 0 Å². The van der Waals surface area contributed by atoms with Crippen molar-refractivity contribution >= 4 is 17.9 Å². The minimum Gasteiger partial charge on any atom is -0.462 e. The van der Waals surface area contributed by atoms with E-state index in [0.29, 0.717) is 19.3 Å². The molecule has 0 spiro atoms. The number of ether oxygens (including phenoxy) is 3. The summed E-state index contributed by atoms with van der Waals surface area (Å²) in [6, 6.07) is 0. The number of carbonyl (C=O) groups excluding carboxylic acids is 3. The van der Waals surface area contributed by atoms with E-state index in [9.17, 15) is 14.4 Å². The highest BCUT2D eigenvalue weighted by Gasteiger charge is 2.19. The van der Waals surface area contributed by atoms with E-state index in [0.717, 1.165) is 122 Å². The van der Waals surface area contributed by atoms with Gasteiger partial charge in [0, 0.05) is 19.3 Å². The van der Waals surface area contributed by atoms with Crippen LogP contribution in [0.25, 0.3) is 0 Å². The van der Waals surface area contributed by atoms with E-state index >= 15 is 0 Å². The van der Waals surface area contributed by atoms with Crippen LogP contribution >= 0.6 is 0 Å². The lowest BCUT2D eigenvalue weighted by Crippen LogP contribution is -2.30. The van der Waals surface area contributed by atoms with Gasteiger partial charge in [0.25, 0.3) is 0 Å². The smallest absolute Gasteiger partial charge is 0.306 e. The van der Waals surface area contributed by atoms with Crippen LogP contribution in [0.2, 0.25) is 0 Å². The summed E-state index contributed by atoms with van der Waals surface area (Å²) in [4.78, 5) is 37.8. The van der Waals surface area contributed by atoms with Gasteiger partial charge in [-0.1, -0.05) is 208 Å². The maximum atomic E-state index is 12.7. The molecule has 0 radical (unpaired) electrons. The molecule has 0 amide bonds. The minimum absolute atomic E-state index is 0.0914. The van der Waals surface area contributed by atoms with Gasteiger partial charge < -0.3 is 14.2 Å². The molecule has 0 aliphatic carbocycles. The summed E-state index contributed by atoms with van der Waals surface area (Å²) in [5.74, 6) is -0.939. The van der Waals surface area contributed by atoms with E-state index in [-0.39, 0.29) is 31.1 Å². The molecule has 0 fully saturated rings. The summed E-state index contributed by atoms with van der Waals surface area (Å²) in [5, 5.41) is 0. The summed E-state index contributed by atoms with van der Waals surface area (Å²) < 4.78 is 16.7. The van der Waals surface area contributed by atoms with Crippen molar-refractivity contribution in [2.75, 3.05) is 13.2 Å². The molecule has 0 aromatic heterocycles. The van der Waals surface area contributed by atoms with Crippen molar-refractivity contribution in [2.24, 2.45) is 0 Å². The number of unbranched alkanes of at least 4 members (excludes halogenated alkanes) is 18. The predicted molar refractivity (Wildman–Crippen MR) is 270 cm³/mol. The van der Waals surface area contributed by atoms with Crippen molar-refractivity contribution < 1.29 is 28.6 Å². The molecule has 0 heterocycles. The second kappa shape index (κ2) is 51.0. The van der Waals surface area contributed by atoms with Crippen LogP contribution in [0.3, 0.4) is 0 Å². The number of carbonyl (C=O) groups is 3. The Bertz CT molecular complexity index is 1280. The van der Waals surface area contributed by atoms with E-state index < -0.39 is 6.10 Å². The van der Waals surface area contributed by atoms with Gasteiger partial charge in [0.15, 0.2) is 6.10 Å². The molecule has 0 rings (SSSR count). The summed E-state index contributed by atoms with van der Waals surface area (Å²) >= 11 is 0. The van der Waals surface area contributed by atoms with Gasteiger partial charge in [0.2, 0.25) is 0 Å². The molecule has 0 saturated heterocycles. The minimum atomic E-state index is -0.792. The highest BCUT2D eigenvalue weighted by atomic mass is 16.6. The molecule has 0 N–H and O–H groups in total. The Balaban J connectivity index is 4.22. The van der Waals surface area contributed by atoms with E-state index in [1.807, 2.05) is 0 Å². The molecule has 0 aliphatic rings. The lowest BCUT2D eigenvalue weighted by atomic mass is 10.1. The van der Waals surface area contributed by atoms with E-state index in [2.05, 4.69) is 118 Å². The lowest BCUT2D eigenvalue weighted by Gasteiger charge is -2.18. The van der Waals surface area contributed by atoms with Crippen LogP contribution in [-0.2, 0) is 28.6 Å². The molecule has 0 aliphatic heterocycles. The molecule has 1 atom stereocenters. The molecule has 6 heteroatoms. The summed E-state index contributed by atoms with van der Waals surface area (Å²) in [5.41, 5.74) is 0. The lowest BCUT2D eigenvalue weighted by molar-refractivity contribution is -0.167. The fourth-order valence-electron chi connectivity index (χ4n) is 6.78. The average molecular weight is 875 g/mol. The van der Waals surface area contributed by atoms with Crippen LogP contribution in [0, 0.1) is 0 Å². The number of allylic oxidation sites excluding steroid dienone is 16. The summed E-state index contributed by atoms with van der Waals surface area (Å²) in [7, 11) is 0. The zero-order valence-corrected chi connectivity index (χ0v) is 40.8. The number of rotatable bonds is 45. The molecule has 358 valence electrons. The number of esters is 3. The van der Waals surface area contributed by atoms with Crippen LogP contribution < -0.4 is 0 Å². The Morgan fingerprint density at radius 3 is 0.984 bits per heavy atom. The Morgan fingerprint density at radius 2 is 0.619 bits per heavy atom. The van der Waals surface area contributed by atoms with E-state index in [1.54, 1.807) is 0 Å². The van der Waals surface area contributed by atoms with Crippen LogP contribution in [0.15, 0.2) is 97.2 Å². The maximum Gasteiger partial charge on any atom is 0.306 e.